The Hall–Kier alpha value is -1.72. The Balaban J connectivity index is 2.14. The van der Waals surface area contributed by atoms with Gasteiger partial charge in [-0.2, -0.15) is 13.2 Å². The zero-order valence-electron chi connectivity index (χ0n) is 11.2. The highest BCUT2D eigenvalue weighted by molar-refractivity contribution is 5.99. The van der Waals surface area contributed by atoms with E-state index >= 15 is 0 Å². The van der Waals surface area contributed by atoms with Crippen LogP contribution in [0.3, 0.4) is 0 Å². The van der Waals surface area contributed by atoms with Gasteiger partial charge in [-0.05, 0) is 30.4 Å². The van der Waals surface area contributed by atoms with Crippen LogP contribution in [0.5, 0.6) is 0 Å². The van der Waals surface area contributed by atoms with Crippen molar-refractivity contribution in [1.82, 2.24) is 5.32 Å². The first-order chi connectivity index (χ1) is 9.23. The molecule has 1 saturated carbocycles. The summed E-state index contributed by atoms with van der Waals surface area (Å²) in [7, 11) is 0. The smallest absolute Gasteiger partial charge is 0.398 e. The standard InChI is InChI=1S/C14H17F3N2O/c1-13(6-3-7-13)8-19-12(20)9-4-2-5-10(11(9)18)14(15,16)17/h2,4-5H,3,6-8,18H2,1H3,(H,19,20). The van der Waals surface area contributed by atoms with Crippen molar-refractivity contribution in [2.24, 2.45) is 5.41 Å². The van der Waals surface area contributed by atoms with E-state index in [-0.39, 0.29) is 11.0 Å². The van der Waals surface area contributed by atoms with Crippen molar-refractivity contribution >= 4 is 11.6 Å². The number of rotatable bonds is 3. The van der Waals surface area contributed by atoms with E-state index in [0.717, 1.165) is 25.3 Å². The fourth-order valence-electron chi connectivity index (χ4n) is 2.36. The van der Waals surface area contributed by atoms with Gasteiger partial charge < -0.3 is 11.1 Å². The number of amides is 1. The Labute approximate surface area is 115 Å². The number of carbonyl (C=O) groups excluding carboxylic acids is 1. The van der Waals surface area contributed by atoms with Gasteiger partial charge in [-0.15, -0.1) is 0 Å². The summed E-state index contributed by atoms with van der Waals surface area (Å²) in [4.78, 5) is 12.0. The van der Waals surface area contributed by atoms with E-state index in [9.17, 15) is 18.0 Å². The maximum atomic E-state index is 12.7. The molecular weight excluding hydrogens is 269 g/mol. The minimum Gasteiger partial charge on any atom is -0.398 e. The molecule has 20 heavy (non-hydrogen) atoms. The summed E-state index contributed by atoms with van der Waals surface area (Å²) in [5.74, 6) is -0.554. The molecule has 2 rings (SSSR count). The van der Waals surface area contributed by atoms with E-state index in [4.69, 9.17) is 5.73 Å². The zero-order valence-corrected chi connectivity index (χ0v) is 11.2. The highest BCUT2D eigenvalue weighted by atomic mass is 19.4. The van der Waals surface area contributed by atoms with Gasteiger partial charge in [0.25, 0.3) is 5.91 Å². The first-order valence-corrected chi connectivity index (χ1v) is 6.47. The van der Waals surface area contributed by atoms with E-state index in [1.165, 1.54) is 12.1 Å². The molecule has 0 radical (unpaired) electrons. The molecule has 1 aromatic carbocycles. The van der Waals surface area contributed by atoms with Gasteiger partial charge in [0.2, 0.25) is 0 Å². The highest BCUT2D eigenvalue weighted by Crippen LogP contribution is 2.39. The second-order valence-electron chi connectivity index (χ2n) is 5.61. The molecule has 0 atom stereocenters. The number of hydrogen-bond donors (Lipinski definition) is 2. The van der Waals surface area contributed by atoms with Gasteiger partial charge in [0.05, 0.1) is 16.8 Å². The van der Waals surface area contributed by atoms with Crippen LogP contribution in [0.4, 0.5) is 18.9 Å². The number of nitrogens with two attached hydrogens (primary N) is 1. The third-order valence-electron chi connectivity index (χ3n) is 3.89. The summed E-state index contributed by atoms with van der Waals surface area (Å²) in [5, 5.41) is 2.67. The van der Waals surface area contributed by atoms with Crippen LogP contribution < -0.4 is 11.1 Å². The predicted molar refractivity (Wildman–Crippen MR) is 70.1 cm³/mol. The lowest BCUT2D eigenvalue weighted by Gasteiger charge is -2.38. The first kappa shape index (κ1) is 14.7. The van der Waals surface area contributed by atoms with Crippen molar-refractivity contribution in [3.05, 3.63) is 29.3 Å². The van der Waals surface area contributed by atoms with Crippen LogP contribution in [0.15, 0.2) is 18.2 Å². The molecule has 110 valence electrons. The fraction of sp³-hybridized carbons (Fsp3) is 0.500. The molecule has 3 nitrogen and oxygen atoms in total. The summed E-state index contributed by atoms with van der Waals surface area (Å²) in [6.07, 6.45) is -1.39. The van der Waals surface area contributed by atoms with Gasteiger partial charge in [0, 0.05) is 6.54 Å². The van der Waals surface area contributed by atoms with Crippen LogP contribution in [0.2, 0.25) is 0 Å². The third-order valence-corrected chi connectivity index (χ3v) is 3.89. The second-order valence-corrected chi connectivity index (χ2v) is 5.61. The van der Waals surface area contributed by atoms with E-state index in [0.29, 0.717) is 6.54 Å². The number of benzene rings is 1. The molecule has 0 heterocycles. The number of hydrogen-bond acceptors (Lipinski definition) is 2. The lowest BCUT2D eigenvalue weighted by molar-refractivity contribution is -0.136. The number of anilines is 1. The van der Waals surface area contributed by atoms with Gasteiger partial charge >= 0.3 is 6.18 Å². The van der Waals surface area contributed by atoms with Gasteiger partial charge in [-0.3, -0.25) is 4.79 Å². The van der Waals surface area contributed by atoms with Crippen LogP contribution in [0.1, 0.15) is 42.1 Å². The van der Waals surface area contributed by atoms with Gasteiger partial charge in [0.15, 0.2) is 0 Å². The molecule has 1 amide bonds. The monoisotopic (exact) mass is 286 g/mol. The second kappa shape index (κ2) is 5.00. The summed E-state index contributed by atoms with van der Waals surface area (Å²) in [5.41, 5.74) is 3.92. The van der Waals surface area contributed by atoms with Crippen molar-refractivity contribution in [1.29, 1.82) is 0 Å². The highest BCUT2D eigenvalue weighted by Gasteiger charge is 2.35. The molecule has 0 spiro atoms. The Morgan fingerprint density at radius 3 is 2.55 bits per heavy atom. The van der Waals surface area contributed by atoms with E-state index in [2.05, 4.69) is 5.32 Å². The zero-order chi connectivity index (χ0) is 15.0. The SMILES string of the molecule is CC1(CNC(=O)c2cccc(C(F)(F)F)c2N)CCC1. The van der Waals surface area contributed by atoms with Crippen molar-refractivity contribution in [2.45, 2.75) is 32.4 Å². The van der Waals surface area contributed by atoms with E-state index < -0.39 is 23.3 Å². The molecule has 0 aliphatic heterocycles. The number of nitrogen functional groups attached to an aromatic ring is 1. The molecule has 1 aliphatic rings. The maximum absolute atomic E-state index is 12.7. The molecule has 1 aliphatic carbocycles. The molecule has 0 bridgehead atoms. The van der Waals surface area contributed by atoms with Crippen molar-refractivity contribution in [3.8, 4) is 0 Å². The fourth-order valence-corrected chi connectivity index (χ4v) is 2.36. The van der Waals surface area contributed by atoms with Gasteiger partial charge in [-0.1, -0.05) is 19.4 Å². The quantitative estimate of drug-likeness (QED) is 0.838. The van der Waals surface area contributed by atoms with Crippen LogP contribution in [0, 0.1) is 5.41 Å². The van der Waals surface area contributed by atoms with Crippen LogP contribution in [-0.2, 0) is 6.18 Å². The average molecular weight is 286 g/mol. The molecule has 6 heteroatoms. The number of alkyl halides is 3. The number of halogens is 3. The number of carbonyl (C=O) groups is 1. The van der Waals surface area contributed by atoms with Crippen LogP contribution in [-0.4, -0.2) is 12.5 Å². The Morgan fingerprint density at radius 1 is 1.40 bits per heavy atom. The molecule has 0 saturated heterocycles. The van der Waals surface area contributed by atoms with Crippen molar-refractivity contribution < 1.29 is 18.0 Å². The average Bonchev–Trinajstić information content (AvgIpc) is 2.32. The van der Waals surface area contributed by atoms with Gasteiger partial charge in [0.1, 0.15) is 0 Å². The number of nitrogens with one attached hydrogen (secondary N) is 1. The van der Waals surface area contributed by atoms with E-state index in [1.54, 1.807) is 0 Å². The molecule has 3 N–H and O–H groups in total. The largest absolute Gasteiger partial charge is 0.418 e. The lowest BCUT2D eigenvalue weighted by atomic mass is 9.70. The van der Waals surface area contributed by atoms with Crippen LogP contribution >= 0.6 is 0 Å². The summed E-state index contributed by atoms with van der Waals surface area (Å²) >= 11 is 0. The summed E-state index contributed by atoms with van der Waals surface area (Å²) in [6.45, 7) is 2.51. The molecule has 1 fully saturated rings. The van der Waals surface area contributed by atoms with Crippen molar-refractivity contribution in [2.75, 3.05) is 12.3 Å². The maximum Gasteiger partial charge on any atom is 0.418 e. The van der Waals surface area contributed by atoms with Gasteiger partial charge in [-0.25, -0.2) is 0 Å². The molecule has 0 unspecified atom stereocenters. The molecular formula is C14H17F3N2O. The third kappa shape index (κ3) is 2.89. The minimum atomic E-state index is -4.56. The van der Waals surface area contributed by atoms with Crippen LogP contribution in [0.25, 0.3) is 0 Å². The number of para-hydroxylation sites is 1. The Morgan fingerprint density at radius 2 is 2.05 bits per heavy atom. The summed E-state index contributed by atoms with van der Waals surface area (Å²) in [6, 6.07) is 3.38. The molecule has 0 aromatic heterocycles. The Bertz CT molecular complexity index is 522. The minimum absolute atomic E-state index is 0.0616. The summed E-state index contributed by atoms with van der Waals surface area (Å²) < 4.78 is 38.2. The Kier molecular flexibility index (Phi) is 3.67. The topological polar surface area (TPSA) is 55.1 Å². The van der Waals surface area contributed by atoms with Crippen molar-refractivity contribution in [3.63, 3.8) is 0 Å². The lowest BCUT2D eigenvalue weighted by Crippen LogP contribution is -2.40. The predicted octanol–water partition coefficient (Wildman–Crippen LogP) is 3.21. The molecule has 1 aromatic rings. The first-order valence-electron chi connectivity index (χ1n) is 6.47. The normalized spacial score (nSPS) is 17.4. The van der Waals surface area contributed by atoms with E-state index in [1.807, 2.05) is 6.92 Å².